The number of alkyl halides is 6. The van der Waals surface area contributed by atoms with E-state index in [1.165, 1.54) is 6.08 Å². The molecule has 0 fully saturated rings. The molecule has 132 valence electrons. The Bertz CT molecular complexity index is 771. The first-order chi connectivity index (χ1) is 11.0. The number of allylic oxidation sites excluding steroid dienone is 4. The Balaban J connectivity index is 2.37. The summed E-state index contributed by atoms with van der Waals surface area (Å²) in [4.78, 5) is 9.40. The second-order valence-corrected chi connectivity index (χ2v) is 5.91. The Hall–Kier alpha value is -1.46. The highest BCUT2D eigenvalue weighted by Gasteiger charge is 2.44. The molecule has 1 heterocycles. The fourth-order valence-electron chi connectivity index (χ4n) is 1.82. The van der Waals surface area contributed by atoms with Crippen molar-refractivity contribution in [1.82, 2.24) is 14.6 Å². The van der Waals surface area contributed by atoms with Gasteiger partial charge in [-0.05, 0) is 11.0 Å². The molecule has 0 spiro atoms. The molecular weight excluding hydrogens is 404 g/mol. The average Bonchev–Trinajstić information content (AvgIpc) is 2.76. The molecule has 0 radical (unpaired) electrons. The van der Waals surface area contributed by atoms with E-state index in [0.717, 1.165) is 12.2 Å². The summed E-state index contributed by atoms with van der Waals surface area (Å²) in [5.41, 5.74) is -1.32. The number of thiocarbonyl (C=S) groups is 1. The summed E-state index contributed by atoms with van der Waals surface area (Å²) >= 11 is 16.1. The van der Waals surface area contributed by atoms with Crippen LogP contribution in [0.3, 0.4) is 0 Å². The second-order valence-electron chi connectivity index (χ2n) is 4.37. The Morgan fingerprint density at radius 1 is 1.38 bits per heavy atom. The third-order valence-electron chi connectivity index (χ3n) is 2.81. The first-order valence-electron chi connectivity index (χ1n) is 6.00. The second kappa shape index (κ2) is 6.81. The summed E-state index contributed by atoms with van der Waals surface area (Å²) in [5, 5.41) is 3.17. The van der Waals surface area contributed by atoms with Crippen LogP contribution in [0.5, 0.6) is 0 Å². The number of hydrogen-bond donors (Lipinski definition) is 0. The van der Waals surface area contributed by atoms with E-state index in [9.17, 15) is 26.8 Å². The van der Waals surface area contributed by atoms with Crippen LogP contribution in [0.25, 0.3) is 0 Å². The van der Waals surface area contributed by atoms with Crippen molar-refractivity contribution in [1.29, 1.82) is 0 Å². The maximum Gasteiger partial charge on any atom is 0.457 e. The van der Waals surface area contributed by atoms with Gasteiger partial charge in [0.25, 0.3) is 0 Å². The minimum Gasteiger partial charge on any atom is -0.451 e. The minimum absolute atomic E-state index is 0.408. The monoisotopic (exact) mass is 409 g/mol. The van der Waals surface area contributed by atoms with E-state index in [-0.39, 0.29) is 0 Å². The van der Waals surface area contributed by atoms with Crippen molar-refractivity contribution in [2.24, 2.45) is 0 Å². The normalized spacial score (nSPS) is 19.6. The van der Waals surface area contributed by atoms with E-state index in [2.05, 4.69) is 9.84 Å². The van der Waals surface area contributed by atoms with Crippen molar-refractivity contribution in [2.45, 2.75) is 23.4 Å². The topological polar surface area (TPSA) is 49.0 Å². The largest absolute Gasteiger partial charge is 0.457 e. The summed E-state index contributed by atoms with van der Waals surface area (Å²) < 4.78 is 67.9. The molecular formula is C11H6Cl2F5N3O2S. The lowest BCUT2D eigenvalue weighted by atomic mass is 10.1. The predicted molar refractivity (Wildman–Crippen MR) is 78.3 cm³/mol. The molecule has 1 aliphatic carbocycles. The van der Waals surface area contributed by atoms with Gasteiger partial charge in [0.05, 0.1) is 10.9 Å². The smallest absolute Gasteiger partial charge is 0.451 e. The zero-order valence-corrected chi connectivity index (χ0v) is 13.5. The van der Waals surface area contributed by atoms with Crippen molar-refractivity contribution >= 4 is 40.3 Å². The number of hydrogen-bond acceptors (Lipinski definition) is 4. The number of aromatic nitrogens is 3. The van der Waals surface area contributed by atoms with Crippen molar-refractivity contribution < 1.29 is 26.8 Å². The van der Waals surface area contributed by atoms with E-state index in [0.29, 0.717) is 4.57 Å². The summed E-state index contributed by atoms with van der Waals surface area (Å²) in [6, 6.07) is -1.28. The van der Waals surface area contributed by atoms with E-state index < -0.39 is 50.5 Å². The number of halogens is 7. The minimum atomic E-state index is -5.27. The highest BCUT2D eigenvalue weighted by atomic mass is 35.5. The van der Waals surface area contributed by atoms with E-state index in [4.69, 9.17) is 35.4 Å². The molecule has 24 heavy (non-hydrogen) atoms. The van der Waals surface area contributed by atoms with Gasteiger partial charge in [-0.15, -0.1) is 5.10 Å². The molecule has 2 atom stereocenters. The summed E-state index contributed by atoms with van der Waals surface area (Å²) in [6.07, 6.45) is -5.53. The third-order valence-corrected chi connectivity index (χ3v) is 3.65. The summed E-state index contributed by atoms with van der Waals surface area (Å²) in [6.45, 7) is 0. The van der Waals surface area contributed by atoms with Crippen LogP contribution in [-0.4, -0.2) is 32.0 Å². The van der Waals surface area contributed by atoms with Crippen LogP contribution >= 0.6 is 35.4 Å². The summed E-state index contributed by atoms with van der Waals surface area (Å²) in [5.74, 6) is -1.08. The molecule has 5 nitrogen and oxygen atoms in total. The molecule has 1 aromatic rings. The van der Waals surface area contributed by atoms with Gasteiger partial charge in [0.15, 0.2) is 10.7 Å². The predicted octanol–water partition coefficient (Wildman–Crippen LogP) is 3.49. The standard InChI is InChI=1S/C11H6Cl2F5N3O2S/c12-7(13)8-19-21(18)10(22)20(8)4-2-1-3-5(6(4)24)23-9(14)11(15,16)17/h1-4,7,9H. The molecule has 1 aliphatic rings. The SMILES string of the molecule is O=c1n(F)nc(C(Cl)Cl)n1C1C=CC=C(OC(F)C(F)(F)F)C1=S. The molecule has 0 N–H and O–H groups in total. The van der Waals surface area contributed by atoms with Gasteiger partial charge >= 0.3 is 18.2 Å². The maximum atomic E-state index is 13.3. The van der Waals surface area contributed by atoms with Gasteiger partial charge in [-0.2, -0.15) is 17.6 Å². The van der Waals surface area contributed by atoms with Gasteiger partial charge in [-0.1, -0.05) is 52.1 Å². The lowest BCUT2D eigenvalue weighted by Gasteiger charge is -2.23. The Morgan fingerprint density at radius 2 is 2.00 bits per heavy atom. The molecule has 0 amide bonds. The van der Waals surface area contributed by atoms with E-state index >= 15 is 0 Å². The molecule has 1 aromatic heterocycles. The number of ether oxygens (including phenoxy) is 1. The lowest BCUT2D eigenvalue weighted by Crippen LogP contribution is -2.34. The molecule has 2 rings (SSSR count). The van der Waals surface area contributed by atoms with Crippen LogP contribution in [-0.2, 0) is 4.74 Å². The maximum absolute atomic E-state index is 13.3. The fourth-order valence-corrected chi connectivity index (χ4v) is 2.42. The van der Waals surface area contributed by atoms with Gasteiger partial charge in [-0.3, -0.25) is 4.57 Å². The van der Waals surface area contributed by atoms with Crippen molar-refractivity contribution in [3.63, 3.8) is 0 Å². The first-order valence-corrected chi connectivity index (χ1v) is 7.28. The van der Waals surface area contributed by atoms with Gasteiger partial charge in [0.2, 0.25) is 0 Å². The summed E-state index contributed by atoms with van der Waals surface area (Å²) in [7, 11) is 0. The Labute approximate surface area is 145 Å². The van der Waals surface area contributed by atoms with Crippen LogP contribution in [0.15, 0.2) is 28.8 Å². The van der Waals surface area contributed by atoms with Crippen molar-refractivity contribution in [2.75, 3.05) is 0 Å². The molecule has 13 heteroatoms. The van der Waals surface area contributed by atoms with Gasteiger partial charge < -0.3 is 4.74 Å². The third kappa shape index (κ3) is 3.62. The van der Waals surface area contributed by atoms with Crippen LogP contribution < -0.4 is 5.69 Å². The number of nitrogens with zero attached hydrogens (tertiary/aromatic N) is 3. The van der Waals surface area contributed by atoms with Crippen LogP contribution in [0, 0.1) is 0 Å². The van der Waals surface area contributed by atoms with Crippen molar-refractivity contribution in [3.05, 3.63) is 40.3 Å². The molecule has 0 bridgehead atoms. The zero-order valence-electron chi connectivity index (χ0n) is 11.2. The Kier molecular flexibility index (Phi) is 5.35. The molecule has 0 saturated carbocycles. The molecule has 0 aliphatic heterocycles. The fraction of sp³-hybridized carbons (Fsp3) is 0.364. The van der Waals surface area contributed by atoms with Gasteiger partial charge in [0.1, 0.15) is 5.76 Å². The average molecular weight is 410 g/mol. The number of rotatable bonds is 4. The quantitative estimate of drug-likeness (QED) is 0.433. The van der Waals surface area contributed by atoms with E-state index in [1.54, 1.807) is 0 Å². The van der Waals surface area contributed by atoms with Gasteiger partial charge in [0, 0.05) is 0 Å². The lowest BCUT2D eigenvalue weighted by molar-refractivity contribution is -0.250. The highest BCUT2D eigenvalue weighted by molar-refractivity contribution is 7.81. The van der Waals surface area contributed by atoms with Gasteiger partial charge in [-0.25, -0.2) is 4.79 Å². The first kappa shape index (κ1) is 18.9. The molecule has 0 aromatic carbocycles. The van der Waals surface area contributed by atoms with Crippen LogP contribution in [0.1, 0.15) is 16.7 Å². The van der Waals surface area contributed by atoms with Crippen LogP contribution in [0.4, 0.5) is 22.0 Å². The van der Waals surface area contributed by atoms with Crippen LogP contribution in [0.2, 0.25) is 0 Å². The van der Waals surface area contributed by atoms with E-state index in [1.807, 2.05) is 0 Å². The van der Waals surface area contributed by atoms with Crippen molar-refractivity contribution in [3.8, 4) is 0 Å². The highest BCUT2D eigenvalue weighted by Crippen LogP contribution is 2.31. The molecule has 2 unspecified atom stereocenters. The Morgan fingerprint density at radius 3 is 2.54 bits per heavy atom. The zero-order chi connectivity index (χ0) is 18.2. The molecule has 0 saturated heterocycles.